The van der Waals surface area contributed by atoms with Gasteiger partial charge in [0.05, 0.1) is 11.4 Å². The second-order valence-corrected chi connectivity index (χ2v) is 3.98. The van der Waals surface area contributed by atoms with Gasteiger partial charge < -0.3 is 10.4 Å². The number of amides is 1. The molecule has 1 amide bonds. The van der Waals surface area contributed by atoms with E-state index in [0.717, 1.165) is 6.20 Å². The van der Waals surface area contributed by atoms with Crippen molar-refractivity contribution in [3.05, 3.63) is 29.0 Å². The van der Waals surface area contributed by atoms with E-state index in [2.05, 4.69) is 4.98 Å². The molecule has 0 aromatic carbocycles. The summed E-state index contributed by atoms with van der Waals surface area (Å²) in [7, 11) is 0. The third-order valence-electron chi connectivity index (χ3n) is 2.00. The van der Waals surface area contributed by atoms with Gasteiger partial charge >= 0.3 is 12.1 Å². The van der Waals surface area contributed by atoms with Crippen LogP contribution in [-0.4, -0.2) is 34.2 Å². The van der Waals surface area contributed by atoms with Crippen LogP contribution in [0, 0.1) is 0 Å². The van der Waals surface area contributed by atoms with E-state index in [-0.39, 0.29) is 10.7 Å². The average Bonchev–Trinajstić information content (AvgIpc) is 2.27. The number of carboxylic acids is 1. The minimum absolute atomic E-state index is 0.224. The van der Waals surface area contributed by atoms with Crippen LogP contribution in [0.5, 0.6) is 0 Å². The molecule has 19 heavy (non-hydrogen) atoms. The Balaban J connectivity index is 2.77. The fourth-order valence-corrected chi connectivity index (χ4v) is 1.29. The van der Waals surface area contributed by atoms with Gasteiger partial charge in [0.15, 0.2) is 0 Å². The predicted molar refractivity (Wildman–Crippen MR) is 58.8 cm³/mol. The molecule has 0 aliphatic rings. The van der Waals surface area contributed by atoms with Gasteiger partial charge in [-0.25, -0.2) is 9.78 Å². The quantitative estimate of drug-likeness (QED) is 0.889. The molecule has 0 saturated carbocycles. The normalized spacial score (nSPS) is 12.8. The lowest BCUT2D eigenvalue weighted by atomic mass is 10.2. The average molecular weight is 297 g/mol. The molecular formula is C10H8ClF3N2O3. The van der Waals surface area contributed by atoms with Crippen molar-refractivity contribution in [3.63, 3.8) is 0 Å². The summed E-state index contributed by atoms with van der Waals surface area (Å²) in [5, 5.41) is 10.6. The van der Waals surface area contributed by atoms with Crippen molar-refractivity contribution in [1.82, 2.24) is 10.3 Å². The van der Waals surface area contributed by atoms with E-state index < -0.39 is 30.5 Å². The standard InChI is InChI=1S/C10H8ClF3N2O3/c11-5-1-2-6(15-4-5)8(17)16-7(9(18)19)3-10(12,13)14/h1-2,4,7H,3H2,(H,16,17)(H,18,19). The first kappa shape index (κ1) is 15.2. The zero-order valence-electron chi connectivity index (χ0n) is 9.24. The number of alkyl halides is 3. The lowest BCUT2D eigenvalue weighted by molar-refractivity contribution is -0.157. The molecule has 0 aliphatic heterocycles. The van der Waals surface area contributed by atoms with Gasteiger partial charge in [-0.15, -0.1) is 0 Å². The number of hydrogen-bond acceptors (Lipinski definition) is 3. The van der Waals surface area contributed by atoms with Gasteiger partial charge in [0.25, 0.3) is 5.91 Å². The second-order valence-electron chi connectivity index (χ2n) is 3.55. The van der Waals surface area contributed by atoms with Crippen molar-refractivity contribution in [1.29, 1.82) is 0 Å². The summed E-state index contributed by atoms with van der Waals surface area (Å²) in [4.78, 5) is 25.7. The maximum atomic E-state index is 12.1. The Morgan fingerprint density at radius 3 is 2.47 bits per heavy atom. The fourth-order valence-electron chi connectivity index (χ4n) is 1.17. The number of rotatable bonds is 4. The van der Waals surface area contributed by atoms with Crippen molar-refractivity contribution < 1.29 is 27.9 Å². The van der Waals surface area contributed by atoms with Crippen molar-refractivity contribution in [2.75, 3.05) is 0 Å². The highest BCUT2D eigenvalue weighted by atomic mass is 35.5. The van der Waals surface area contributed by atoms with E-state index in [1.807, 2.05) is 0 Å². The zero-order chi connectivity index (χ0) is 14.6. The van der Waals surface area contributed by atoms with Gasteiger partial charge in [-0.3, -0.25) is 4.79 Å². The smallest absolute Gasteiger partial charge is 0.391 e. The van der Waals surface area contributed by atoms with Crippen LogP contribution in [0.1, 0.15) is 16.9 Å². The van der Waals surface area contributed by atoms with Crippen LogP contribution in [0.2, 0.25) is 5.02 Å². The molecule has 9 heteroatoms. The summed E-state index contributed by atoms with van der Waals surface area (Å²) in [5.74, 6) is -2.80. The fraction of sp³-hybridized carbons (Fsp3) is 0.300. The maximum Gasteiger partial charge on any atom is 0.391 e. The molecule has 1 unspecified atom stereocenters. The number of aromatic nitrogens is 1. The lowest BCUT2D eigenvalue weighted by Gasteiger charge is -2.15. The molecule has 2 N–H and O–H groups in total. The summed E-state index contributed by atoms with van der Waals surface area (Å²) in [5.41, 5.74) is -0.224. The van der Waals surface area contributed by atoms with Crippen molar-refractivity contribution >= 4 is 23.5 Å². The first-order valence-corrected chi connectivity index (χ1v) is 5.29. The topological polar surface area (TPSA) is 79.3 Å². The van der Waals surface area contributed by atoms with Crippen LogP contribution in [0.25, 0.3) is 0 Å². The highest BCUT2D eigenvalue weighted by Gasteiger charge is 2.36. The molecule has 1 aromatic heterocycles. The van der Waals surface area contributed by atoms with Crippen LogP contribution < -0.4 is 5.32 Å². The zero-order valence-corrected chi connectivity index (χ0v) is 10.00. The van der Waals surface area contributed by atoms with Gasteiger partial charge in [-0.05, 0) is 12.1 Å². The summed E-state index contributed by atoms with van der Waals surface area (Å²) in [6, 6.07) is 0.414. The molecule has 0 spiro atoms. The first-order chi connectivity index (χ1) is 8.69. The maximum absolute atomic E-state index is 12.1. The summed E-state index contributed by atoms with van der Waals surface area (Å²) >= 11 is 5.52. The number of hydrogen-bond donors (Lipinski definition) is 2. The van der Waals surface area contributed by atoms with E-state index in [0.29, 0.717) is 0 Å². The molecule has 104 valence electrons. The van der Waals surface area contributed by atoms with Crippen molar-refractivity contribution in [2.24, 2.45) is 0 Å². The molecule has 5 nitrogen and oxygen atoms in total. The number of carbonyl (C=O) groups excluding carboxylic acids is 1. The van der Waals surface area contributed by atoms with Gasteiger partial charge in [0.1, 0.15) is 11.7 Å². The van der Waals surface area contributed by atoms with Crippen LogP contribution in [-0.2, 0) is 4.79 Å². The Kier molecular flexibility index (Phi) is 4.71. The Hall–Kier alpha value is -1.83. The van der Waals surface area contributed by atoms with E-state index in [4.69, 9.17) is 16.7 Å². The number of pyridine rings is 1. The Bertz CT molecular complexity index is 476. The van der Waals surface area contributed by atoms with Gasteiger partial charge in [-0.1, -0.05) is 11.6 Å². The lowest BCUT2D eigenvalue weighted by Crippen LogP contribution is -2.43. The van der Waals surface area contributed by atoms with E-state index in [1.54, 1.807) is 5.32 Å². The van der Waals surface area contributed by atoms with E-state index in [1.165, 1.54) is 12.1 Å². The molecule has 0 radical (unpaired) electrons. The minimum atomic E-state index is -4.70. The molecule has 1 heterocycles. The molecule has 0 fully saturated rings. The van der Waals surface area contributed by atoms with E-state index >= 15 is 0 Å². The number of aliphatic carboxylic acids is 1. The van der Waals surface area contributed by atoms with Crippen LogP contribution in [0.15, 0.2) is 18.3 Å². The molecule has 1 aromatic rings. The van der Waals surface area contributed by atoms with Crippen molar-refractivity contribution in [2.45, 2.75) is 18.6 Å². The highest BCUT2D eigenvalue weighted by Crippen LogP contribution is 2.21. The molecule has 0 saturated heterocycles. The second kappa shape index (κ2) is 5.87. The number of nitrogens with zero attached hydrogens (tertiary/aromatic N) is 1. The summed E-state index contributed by atoms with van der Waals surface area (Å²) in [6.45, 7) is 0. The van der Waals surface area contributed by atoms with Crippen LogP contribution >= 0.6 is 11.6 Å². The SMILES string of the molecule is O=C(NC(CC(F)(F)F)C(=O)O)c1ccc(Cl)cn1. The molecule has 1 atom stereocenters. The van der Waals surface area contributed by atoms with E-state index in [9.17, 15) is 22.8 Å². The molecule has 0 bridgehead atoms. The molecule has 1 rings (SSSR count). The van der Waals surface area contributed by atoms with Crippen LogP contribution in [0.4, 0.5) is 13.2 Å². The molecular weight excluding hydrogens is 289 g/mol. The Labute approximate surface area is 110 Å². The number of halogens is 4. The highest BCUT2D eigenvalue weighted by molar-refractivity contribution is 6.30. The van der Waals surface area contributed by atoms with Crippen molar-refractivity contribution in [3.8, 4) is 0 Å². The number of carboxylic acid groups (broad SMARTS) is 1. The minimum Gasteiger partial charge on any atom is -0.480 e. The predicted octanol–water partition coefficient (Wildman–Crippen LogP) is 1.87. The van der Waals surface area contributed by atoms with Gasteiger partial charge in [0.2, 0.25) is 0 Å². The van der Waals surface area contributed by atoms with Gasteiger partial charge in [0, 0.05) is 6.20 Å². The Morgan fingerprint density at radius 2 is 2.05 bits per heavy atom. The van der Waals surface area contributed by atoms with Gasteiger partial charge in [-0.2, -0.15) is 13.2 Å². The number of carbonyl (C=O) groups is 2. The molecule has 0 aliphatic carbocycles. The summed E-state index contributed by atoms with van der Waals surface area (Å²) in [6.07, 6.45) is -5.25. The monoisotopic (exact) mass is 296 g/mol. The first-order valence-electron chi connectivity index (χ1n) is 4.91. The Morgan fingerprint density at radius 1 is 1.42 bits per heavy atom. The van der Waals surface area contributed by atoms with Crippen LogP contribution in [0.3, 0.4) is 0 Å². The largest absolute Gasteiger partial charge is 0.480 e. The third-order valence-corrected chi connectivity index (χ3v) is 2.22. The third kappa shape index (κ3) is 5.12. The summed E-state index contributed by atoms with van der Waals surface area (Å²) < 4.78 is 36.4. The number of nitrogens with one attached hydrogen (secondary N) is 1.